The van der Waals surface area contributed by atoms with Crippen molar-refractivity contribution in [2.45, 2.75) is 168 Å². The van der Waals surface area contributed by atoms with Crippen LogP contribution in [0, 0.1) is 10.8 Å². The quantitative estimate of drug-likeness (QED) is 0.137. The molecule has 0 N–H and O–H groups in total. The van der Waals surface area contributed by atoms with Gasteiger partial charge in [0.15, 0.2) is 0 Å². The molecule has 0 rings (SSSR count). The van der Waals surface area contributed by atoms with Gasteiger partial charge in [-0.25, -0.2) is 0 Å². The van der Waals surface area contributed by atoms with Crippen molar-refractivity contribution >= 4 is 15.0 Å². The first kappa shape index (κ1) is 29.5. The van der Waals surface area contributed by atoms with Crippen molar-refractivity contribution in [3.63, 3.8) is 0 Å². The zero-order valence-electron chi connectivity index (χ0n) is 21.9. The first-order valence-corrected chi connectivity index (χ1v) is 15.1. The van der Waals surface area contributed by atoms with E-state index < -0.39 is 0 Å². The van der Waals surface area contributed by atoms with Crippen molar-refractivity contribution in [2.75, 3.05) is 0 Å². The monoisotopic (exact) mass is 474 g/mol. The Balaban J connectivity index is 3.42. The molecule has 0 aliphatic heterocycles. The zero-order valence-corrected chi connectivity index (χ0v) is 23.6. The van der Waals surface area contributed by atoms with E-state index in [1.165, 1.54) is 103 Å². The molecule has 0 saturated heterocycles. The molecule has 2 unspecified atom stereocenters. The Bertz CT molecular complexity index is 312. The predicted octanol–water partition coefficient (Wildman–Crippen LogP) is 10.6. The van der Waals surface area contributed by atoms with Gasteiger partial charge in [-0.15, -0.1) is 0 Å². The van der Waals surface area contributed by atoms with E-state index in [1.54, 1.807) is 0 Å². The fourth-order valence-corrected chi connectivity index (χ4v) is 7.06. The number of rotatable bonds is 18. The summed E-state index contributed by atoms with van der Waals surface area (Å²) in [4.78, 5) is 1.99. The van der Waals surface area contributed by atoms with Crippen LogP contribution in [0.5, 0.6) is 0 Å². The van der Waals surface area contributed by atoms with Crippen LogP contribution < -0.4 is 0 Å². The topological polar surface area (TPSA) is 0 Å². The Labute approximate surface area is 193 Å². The van der Waals surface area contributed by atoms with Gasteiger partial charge in [0, 0.05) is 0 Å². The molecule has 29 heavy (non-hydrogen) atoms. The van der Waals surface area contributed by atoms with Crippen molar-refractivity contribution in [1.29, 1.82) is 0 Å². The molecular formula is C28H58Se. The number of hydrogen-bond acceptors (Lipinski definition) is 0. The fraction of sp³-hybridized carbons (Fsp3) is 1.00. The molecule has 0 radical (unpaired) electrons. The Morgan fingerprint density at radius 2 is 0.724 bits per heavy atom. The van der Waals surface area contributed by atoms with Gasteiger partial charge in [-0.2, -0.15) is 0 Å². The van der Waals surface area contributed by atoms with Crippen LogP contribution in [0.4, 0.5) is 0 Å². The van der Waals surface area contributed by atoms with Crippen LogP contribution in [0.15, 0.2) is 0 Å². The van der Waals surface area contributed by atoms with Crippen molar-refractivity contribution in [2.24, 2.45) is 10.8 Å². The molecule has 0 bridgehead atoms. The Kier molecular flexibility index (Phi) is 17.4. The molecule has 0 nitrogen and oxygen atoms in total. The molecule has 1 heteroatoms. The van der Waals surface area contributed by atoms with E-state index >= 15 is 0 Å². The van der Waals surface area contributed by atoms with Crippen LogP contribution in [-0.4, -0.2) is 15.0 Å². The molecule has 0 fully saturated rings. The number of unbranched alkanes of at least 4 members (excludes halogenated alkanes) is 10. The van der Waals surface area contributed by atoms with E-state index in [-0.39, 0.29) is 0 Å². The fourth-order valence-electron chi connectivity index (χ4n) is 4.12. The molecule has 0 aliphatic carbocycles. The molecule has 0 saturated carbocycles. The van der Waals surface area contributed by atoms with E-state index in [0.717, 1.165) is 24.6 Å². The molecule has 176 valence electrons. The SMILES string of the molecule is CC(CCCCCCCCC(C)(C)C)[Se]C(C)CCCCCCCCC(C)(C)C. The normalized spacial score (nSPS) is 14.9. The second-order valence-electron chi connectivity index (χ2n) is 12.2. The minimum atomic E-state index is 0.528. The first-order valence-electron chi connectivity index (χ1n) is 13.1. The standard InChI is InChI=1S/C28H58Se/c1-25(21-17-13-9-11-15-19-23-27(3,4)5)29-26(2)22-18-14-10-12-16-20-24-28(6,7)8/h25-26H,9-24H2,1-8H3. The van der Waals surface area contributed by atoms with Crippen molar-refractivity contribution in [1.82, 2.24) is 0 Å². The molecule has 0 heterocycles. The third-order valence-electron chi connectivity index (χ3n) is 6.04. The third kappa shape index (κ3) is 24.7. The average molecular weight is 474 g/mol. The number of hydrogen-bond donors (Lipinski definition) is 0. The summed E-state index contributed by atoms with van der Waals surface area (Å²) in [5.41, 5.74) is 1.06. The zero-order chi connectivity index (χ0) is 22.2. The van der Waals surface area contributed by atoms with Crippen molar-refractivity contribution < 1.29 is 0 Å². The Hall–Kier alpha value is 0.519. The van der Waals surface area contributed by atoms with E-state index in [0.29, 0.717) is 10.8 Å². The van der Waals surface area contributed by atoms with Gasteiger partial charge >= 0.3 is 194 Å². The molecule has 2 atom stereocenters. The van der Waals surface area contributed by atoms with E-state index in [2.05, 4.69) is 55.4 Å². The Morgan fingerprint density at radius 3 is 1.03 bits per heavy atom. The maximum atomic E-state index is 2.52. The van der Waals surface area contributed by atoms with Gasteiger partial charge in [0.25, 0.3) is 0 Å². The van der Waals surface area contributed by atoms with Gasteiger partial charge in [0.05, 0.1) is 0 Å². The molecule has 0 aliphatic rings. The van der Waals surface area contributed by atoms with E-state index in [1.807, 2.05) is 0 Å². The van der Waals surface area contributed by atoms with Gasteiger partial charge < -0.3 is 0 Å². The van der Waals surface area contributed by atoms with Gasteiger partial charge in [-0.1, -0.05) is 0 Å². The molecular weight excluding hydrogens is 415 g/mol. The molecule has 0 spiro atoms. The van der Waals surface area contributed by atoms with Crippen LogP contribution >= 0.6 is 0 Å². The van der Waals surface area contributed by atoms with Crippen molar-refractivity contribution in [3.05, 3.63) is 0 Å². The molecule has 0 amide bonds. The summed E-state index contributed by atoms with van der Waals surface area (Å²) < 4.78 is 0. The van der Waals surface area contributed by atoms with Gasteiger partial charge in [-0.05, 0) is 0 Å². The summed E-state index contributed by atoms with van der Waals surface area (Å²) in [7, 11) is 0. The summed E-state index contributed by atoms with van der Waals surface area (Å²) >= 11 is 0.861. The second kappa shape index (κ2) is 17.1. The molecule has 0 aromatic heterocycles. The van der Waals surface area contributed by atoms with Gasteiger partial charge in [0.1, 0.15) is 0 Å². The summed E-state index contributed by atoms with van der Waals surface area (Å²) in [6.07, 6.45) is 23.3. The van der Waals surface area contributed by atoms with Crippen LogP contribution in [-0.2, 0) is 0 Å². The second-order valence-corrected chi connectivity index (χ2v) is 16.1. The van der Waals surface area contributed by atoms with E-state index in [9.17, 15) is 0 Å². The minimum absolute atomic E-state index is 0.528. The average Bonchev–Trinajstić information content (AvgIpc) is 2.57. The molecule has 0 aromatic rings. The summed E-state index contributed by atoms with van der Waals surface area (Å²) in [5, 5.41) is 0. The van der Waals surface area contributed by atoms with E-state index in [4.69, 9.17) is 0 Å². The van der Waals surface area contributed by atoms with Crippen molar-refractivity contribution in [3.8, 4) is 0 Å². The van der Waals surface area contributed by atoms with Gasteiger partial charge in [-0.3, -0.25) is 0 Å². The molecule has 0 aromatic carbocycles. The van der Waals surface area contributed by atoms with Crippen LogP contribution in [0.1, 0.15) is 158 Å². The predicted molar refractivity (Wildman–Crippen MR) is 137 cm³/mol. The van der Waals surface area contributed by atoms with Crippen LogP contribution in [0.2, 0.25) is 9.63 Å². The first-order chi connectivity index (χ1) is 13.5. The summed E-state index contributed by atoms with van der Waals surface area (Å²) in [6, 6.07) is 0. The maximum absolute atomic E-state index is 2.52. The van der Waals surface area contributed by atoms with Gasteiger partial charge in [0.2, 0.25) is 0 Å². The Morgan fingerprint density at radius 1 is 0.448 bits per heavy atom. The summed E-state index contributed by atoms with van der Waals surface area (Å²) in [6.45, 7) is 19.2. The third-order valence-corrected chi connectivity index (χ3v) is 8.98. The van der Waals surface area contributed by atoms with Crippen LogP contribution in [0.25, 0.3) is 0 Å². The summed E-state index contributed by atoms with van der Waals surface area (Å²) in [5.74, 6) is 0. The van der Waals surface area contributed by atoms with Crippen LogP contribution in [0.3, 0.4) is 0 Å².